The summed E-state index contributed by atoms with van der Waals surface area (Å²) in [5, 5.41) is 3.82. The minimum Gasteiger partial charge on any atom is -0.496 e. The third-order valence-corrected chi connectivity index (χ3v) is 8.18. The molecule has 2 N–H and O–H groups in total. The number of nitrogens with one attached hydrogen (secondary N) is 2. The third kappa shape index (κ3) is 6.29. The van der Waals surface area contributed by atoms with Crippen LogP contribution in [-0.4, -0.2) is 75.0 Å². The number of rotatable bonds is 10. The molecule has 10 nitrogen and oxygen atoms in total. The van der Waals surface area contributed by atoms with E-state index in [4.69, 9.17) is 18.6 Å². The molecule has 0 saturated carbocycles. The maximum absolute atomic E-state index is 14.1. The lowest BCUT2D eigenvalue weighted by Gasteiger charge is -2.37. The van der Waals surface area contributed by atoms with Gasteiger partial charge in [-0.05, 0) is 50.8 Å². The molecule has 2 aliphatic heterocycles. The molecule has 4 heterocycles. The zero-order chi connectivity index (χ0) is 28.9. The molecule has 2 saturated heterocycles. The molecule has 41 heavy (non-hydrogen) atoms. The van der Waals surface area contributed by atoms with E-state index in [1.54, 1.807) is 13.0 Å². The summed E-state index contributed by atoms with van der Waals surface area (Å²) in [4.78, 5) is 34.3. The highest BCUT2D eigenvalue weighted by Gasteiger charge is 2.28. The van der Waals surface area contributed by atoms with Crippen LogP contribution in [0, 0.1) is 6.92 Å². The second-order valence-electron chi connectivity index (χ2n) is 10.8. The number of benzene rings is 1. The van der Waals surface area contributed by atoms with Crippen LogP contribution in [0.2, 0.25) is 0 Å². The molecule has 0 spiro atoms. The van der Waals surface area contributed by atoms with Gasteiger partial charge in [-0.1, -0.05) is 6.92 Å². The Morgan fingerprint density at radius 1 is 1.10 bits per heavy atom. The second-order valence-corrected chi connectivity index (χ2v) is 10.8. The predicted molar refractivity (Wildman–Crippen MR) is 158 cm³/mol. The number of aromatic nitrogens is 1. The van der Waals surface area contributed by atoms with Crippen molar-refractivity contribution in [3.8, 4) is 5.75 Å². The minimum absolute atomic E-state index is 0.0441. The number of amides is 1. The van der Waals surface area contributed by atoms with Crippen LogP contribution in [0.15, 0.2) is 27.4 Å². The monoisotopic (exact) mass is 566 g/mol. The molecule has 10 heteroatoms. The molecule has 0 aliphatic carbocycles. The van der Waals surface area contributed by atoms with Gasteiger partial charge in [0.25, 0.3) is 11.5 Å². The van der Waals surface area contributed by atoms with Crippen molar-refractivity contribution in [2.24, 2.45) is 0 Å². The van der Waals surface area contributed by atoms with Crippen LogP contribution in [0.4, 0.5) is 5.69 Å². The number of anilines is 1. The molecule has 0 radical (unpaired) electrons. The van der Waals surface area contributed by atoms with E-state index in [0.717, 1.165) is 68.1 Å². The molecule has 1 amide bonds. The molecular formula is C31H42N4O6. The molecule has 222 valence electrons. The number of fused-ring (bicyclic) bond motifs is 1. The van der Waals surface area contributed by atoms with Gasteiger partial charge < -0.3 is 33.8 Å². The first kappa shape index (κ1) is 29.2. The van der Waals surface area contributed by atoms with Crippen molar-refractivity contribution in [3.63, 3.8) is 0 Å². The van der Waals surface area contributed by atoms with Crippen LogP contribution in [0.3, 0.4) is 0 Å². The lowest BCUT2D eigenvalue weighted by Crippen LogP contribution is -2.40. The van der Waals surface area contributed by atoms with Gasteiger partial charge in [0.1, 0.15) is 17.1 Å². The lowest BCUT2D eigenvalue weighted by atomic mass is 9.95. The smallest absolute Gasteiger partial charge is 0.256 e. The van der Waals surface area contributed by atoms with E-state index >= 15 is 0 Å². The normalized spacial score (nSPS) is 16.7. The fourth-order valence-electron chi connectivity index (χ4n) is 6.11. The van der Waals surface area contributed by atoms with E-state index in [9.17, 15) is 9.59 Å². The first-order chi connectivity index (χ1) is 19.9. The first-order valence-corrected chi connectivity index (χ1v) is 14.7. The molecule has 3 aromatic rings. The maximum atomic E-state index is 14.1. The fourth-order valence-corrected chi connectivity index (χ4v) is 6.11. The summed E-state index contributed by atoms with van der Waals surface area (Å²) in [6.07, 6.45) is 2.55. The van der Waals surface area contributed by atoms with Crippen LogP contribution < -0.4 is 20.5 Å². The van der Waals surface area contributed by atoms with Crippen LogP contribution in [0.25, 0.3) is 11.0 Å². The Morgan fingerprint density at radius 3 is 2.51 bits per heavy atom. The van der Waals surface area contributed by atoms with Crippen LogP contribution in [0.1, 0.15) is 59.6 Å². The van der Waals surface area contributed by atoms with E-state index < -0.39 is 0 Å². The number of furan rings is 1. The quantitative estimate of drug-likeness (QED) is 0.382. The van der Waals surface area contributed by atoms with E-state index in [1.165, 1.54) is 7.11 Å². The van der Waals surface area contributed by atoms with Crippen molar-refractivity contribution in [1.29, 1.82) is 0 Å². The average molecular weight is 567 g/mol. The Balaban J connectivity index is 1.56. The van der Waals surface area contributed by atoms with Crippen molar-refractivity contribution >= 4 is 22.6 Å². The number of pyridine rings is 1. The van der Waals surface area contributed by atoms with Gasteiger partial charge in [0.05, 0.1) is 44.5 Å². The number of aromatic amines is 1. The summed E-state index contributed by atoms with van der Waals surface area (Å²) in [6, 6.07) is 6.21. The standard InChI is InChI=1S/C31H42N4O6/c1-5-23-26(35(6-2)21-7-11-39-12-8-21)17-28-24(16-22(41-28)19-34-9-13-40-14-10-34)29(23)31(37)32-18-25-27(38-4)15-20(3)33-30(25)36/h15-17,21H,5-14,18-19H2,1-4H3,(H,32,37)(H,33,36). The van der Waals surface area contributed by atoms with Crippen molar-refractivity contribution in [3.05, 3.63) is 56.7 Å². The van der Waals surface area contributed by atoms with Gasteiger partial charge in [0, 0.05) is 61.7 Å². The van der Waals surface area contributed by atoms with E-state index in [1.807, 2.05) is 6.07 Å². The van der Waals surface area contributed by atoms with Gasteiger partial charge in [-0.2, -0.15) is 0 Å². The van der Waals surface area contributed by atoms with E-state index in [0.29, 0.717) is 60.4 Å². The van der Waals surface area contributed by atoms with Crippen LogP contribution in [-0.2, 0) is 29.0 Å². The second kappa shape index (κ2) is 13.1. The molecule has 1 aromatic carbocycles. The van der Waals surface area contributed by atoms with Crippen molar-refractivity contribution in [2.45, 2.75) is 59.2 Å². The van der Waals surface area contributed by atoms with Gasteiger partial charge in [-0.25, -0.2) is 0 Å². The number of nitrogens with zero attached hydrogens (tertiary/aromatic N) is 2. The Morgan fingerprint density at radius 2 is 1.83 bits per heavy atom. The number of ether oxygens (including phenoxy) is 3. The molecule has 5 rings (SSSR count). The van der Waals surface area contributed by atoms with Gasteiger partial charge in [-0.15, -0.1) is 0 Å². The van der Waals surface area contributed by atoms with Crippen molar-refractivity contribution < 1.29 is 23.4 Å². The highest BCUT2D eigenvalue weighted by atomic mass is 16.5. The molecule has 2 aromatic heterocycles. The zero-order valence-corrected chi connectivity index (χ0v) is 24.6. The number of hydrogen-bond donors (Lipinski definition) is 2. The summed E-state index contributed by atoms with van der Waals surface area (Å²) in [6.45, 7) is 12.1. The topological polar surface area (TPSA) is 109 Å². The first-order valence-electron chi connectivity index (χ1n) is 14.7. The summed E-state index contributed by atoms with van der Waals surface area (Å²) in [5.74, 6) is 1.03. The van der Waals surface area contributed by atoms with Crippen LogP contribution in [0.5, 0.6) is 5.75 Å². The highest BCUT2D eigenvalue weighted by molar-refractivity contribution is 6.09. The Bertz CT molecular complexity index is 1420. The highest BCUT2D eigenvalue weighted by Crippen LogP contribution is 2.37. The largest absolute Gasteiger partial charge is 0.496 e. The van der Waals surface area contributed by atoms with E-state index in [2.05, 4.69) is 40.0 Å². The van der Waals surface area contributed by atoms with Gasteiger partial charge >= 0.3 is 0 Å². The fraction of sp³-hybridized carbons (Fsp3) is 0.548. The van der Waals surface area contributed by atoms with E-state index in [-0.39, 0.29) is 18.0 Å². The zero-order valence-electron chi connectivity index (χ0n) is 24.6. The number of methoxy groups -OCH3 is 1. The van der Waals surface area contributed by atoms with Gasteiger partial charge in [-0.3, -0.25) is 14.5 Å². The Hall–Kier alpha value is -3.34. The molecule has 0 atom stereocenters. The average Bonchev–Trinajstić information content (AvgIpc) is 3.38. The lowest BCUT2D eigenvalue weighted by molar-refractivity contribution is 0.0315. The number of morpholine rings is 1. The molecule has 0 bridgehead atoms. The maximum Gasteiger partial charge on any atom is 0.256 e. The van der Waals surface area contributed by atoms with Crippen molar-refractivity contribution in [2.75, 3.05) is 58.1 Å². The van der Waals surface area contributed by atoms with Gasteiger partial charge in [0.15, 0.2) is 0 Å². The SMILES string of the molecule is CCc1c(N(CC)C2CCOCC2)cc2oc(CN3CCOCC3)cc2c1C(=O)NCc1c(OC)cc(C)[nH]c1=O. The molecule has 2 fully saturated rings. The number of H-pyrrole nitrogens is 1. The third-order valence-electron chi connectivity index (χ3n) is 8.18. The molecule has 2 aliphatic rings. The summed E-state index contributed by atoms with van der Waals surface area (Å²) < 4.78 is 23.0. The molecule has 0 unspecified atom stereocenters. The number of hydrogen-bond acceptors (Lipinski definition) is 8. The summed E-state index contributed by atoms with van der Waals surface area (Å²) in [7, 11) is 1.53. The van der Waals surface area contributed by atoms with Gasteiger partial charge in [0.2, 0.25) is 0 Å². The number of carbonyl (C=O) groups excluding carboxylic acids is 1. The number of aryl methyl sites for hydroxylation is 1. The van der Waals surface area contributed by atoms with Crippen molar-refractivity contribution in [1.82, 2.24) is 15.2 Å². The Kier molecular flexibility index (Phi) is 9.32. The van der Waals surface area contributed by atoms with Crippen LogP contribution >= 0.6 is 0 Å². The molecular weight excluding hydrogens is 524 g/mol. The number of carbonyl (C=O) groups is 1. The Labute approximate surface area is 240 Å². The minimum atomic E-state index is -0.274. The predicted octanol–water partition coefficient (Wildman–Crippen LogP) is 3.77. The summed E-state index contributed by atoms with van der Waals surface area (Å²) >= 11 is 0. The summed E-state index contributed by atoms with van der Waals surface area (Å²) in [5.41, 5.74) is 4.11.